The molecule has 0 atom stereocenters. The zero-order valence-corrected chi connectivity index (χ0v) is 30.3. The predicted molar refractivity (Wildman–Crippen MR) is 233 cm³/mol. The van der Waals surface area contributed by atoms with E-state index in [0.717, 1.165) is 0 Å². The SMILES string of the molecule is c1ccc(-c2ccc3cccc(-c4c5ccccc5c(-c5ccc(C6(c7ccccc7)c7ccccc7-c7ccccc76)cc5)c5ccccc45)c3c2)cc1. The maximum absolute atomic E-state index is 2.38. The Balaban J connectivity index is 1.14. The van der Waals surface area contributed by atoms with Crippen LogP contribution in [0.25, 0.3) is 76.8 Å². The topological polar surface area (TPSA) is 0 Å². The Morgan fingerprint density at radius 1 is 0.255 bits per heavy atom. The third-order valence-corrected chi connectivity index (χ3v) is 12.0. The number of fused-ring (bicyclic) bond motifs is 6. The van der Waals surface area contributed by atoms with Crippen molar-refractivity contribution in [3.63, 3.8) is 0 Å². The van der Waals surface area contributed by atoms with Crippen LogP contribution in [-0.2, 0) is 5.41 Å². The summed E-state index contributed by atoms with van der Waals surface area (Å²) in [6, 6.07) is 80.8. The molecule has 0 unspecified atom stereocenters. The summed E-state index contributed by atoms with van der Waals surface area (Å²) in [6.07, 6.45) is 0. The summed E-state index contributed by atoms with van der Waals surface area (Å²) in [4.78, 5) is 0. The van der Waals surface area contributed by atoms with Crippen LogP contribution in [0.3, 0.4) is 0 Å². The maximum atomic E-state index is 2.38. The fourth-order valence-electron chi connectivity index (χ4n) is 9.63. The molecule has 0 heterocycles. The smallest absolute Gasteiger partial charge is 0.0622 e. The summed E-state index contributed by atoms with van der Waals surface area (Å²) in [6.45, 7) is 0. The molecule has 0 radical (unpaired) electrons. The number of hydrogen-bond donors (Lipinski definition) is 0. The molecule has 0 heteroatoms. The Kier molecular flexibility index (Phi) is 7.19. The lowest BCUT2D eigenvalue weighted by molar-refractivity contribution is 0.768. The van der Waals surface area contributed by atoms with Gasteiger partial charge in [0.25, 0.3) is 0 Å². The molecule has 0 aromatic heterocycles. The fraction of sp³-hybridized carbons (Fsp3) is 0.0182. The van der Waals surface area contributed by atoms with Crippen molar-refractivity contribution >= 4 is 32.3 Å². The minimum absolute atomic E-state index is 0.423. The van der Waals surface area contributed by atoms with Crippen molar-refractivity contribution in [3.05, 3.63) is 241 Å². The van der Waals surface area contributed by atoms with Crippen LogP contribution < -0.4 is 0 Å². The average molecular weight is 697 g/mol. The molecule has 10 aromatic carbocycles. The highest BCUT2D eigenvalue weighted by molar-refractivity contribution is 6.23. The summed E-state index contributed by atoms with van der Waals surface area (Å²) in [5, 5.41) is 7.55. The third kappa shape index (κ3) is 4.72. The molecule has 0 spiro atoms. The van der Waals surface area contributed by atoms with Crippen molar-refractivity contribution in [2.75, 3.05) is 0 Å². The molecular weight excluding hydrogens is 661 g/mol. The van der Waals surface area contributed by atoms with Crippen molar-refractivity contribution in [1.29, 1.82) is 0 Å². The van der Waals surface area contributed by atoms with E-state index in [1.165, 1.54) is 99.1 Å². The van der Waals surface area contributed by atoms with Gasteiger partial charge in [0.1, 0.15) is 0 Å². The first-order chi connectivity index (χ1) is 27.3. The van der Waals surface area contributed by atoms with E-state index in [4.69, 9.17) is 0 Å². The number of benzene rings is 10. The summed E-state index contributed by atoms with van der Waals surface area (Å²) in [5.41, 5.74) is 14.9. The van der Waals surface area contributed by atoms with Crippen molar-refractivity contribution in [1.82, 2.24) is 0 Å². The number of hydrogen-bond acceptors (Lipinski definition) is 0. The molecule has 11 rings (SSSR count). The quantitative estimate of drug-likeness (QED) is 0.157. The fourth-order valence-corrected chi connectivity index (χ4v) is 9.63. The Bertz CT molecular complexity index is 2960. The maximum Gasteiger partial charge on any atom is 0.0713 e. The van der Waals surface area contributed by atoms with Gasteiger partial charge in [0.15, 0.2) is 0 Å². The van der Waals surface area contributed by atoms with Gasteiger partial charge in [-0.3, -0.25) is 0 Å². The summed E-state index contributed by atoms with van der Waals surface area (Å²) in [7, 11) is 0. The van der Waals surface area contributed by atoms with Gasteiger partial charge in [-0.15, -0.1) is 0 Å². The lowest BCUT2D eigenvalue weighted by Crippen LogP contribution is -2.28. The first-order valence-electron chi connectivity index (χ1n) is 19.2. The molecule has 0 bridgehead atoms. The average Bonchev–Trinajstić information content (AvgIpc) is 3.57. The first kappa shape index (κ1) is 31.5. The molecule has 0 saturated heterocycles. The molecule has 0 aliphatic heterocycles. The summed E-state index contributed by atoms with van der Waals surface area (Å²) in [5.74, 6) is 0. The molecule has 256 valence electrons. The Morgan fingerprint density at radius 3 is 1.35 bits per heavy atom. The van der Waals surface area contributed by atoms with Gasteiger partial charge in [-0.1, -0.05) is 212 Å². The molecule has 55 heavy (non-hydrogen) atoms. The molecule has 0 fully saturated rings. The van der Waals surface area contributed by atoms with E-state index in [-0.39, 0.29) is 0 Å². The second-order valence-electron chi connectivity index (χ2n) is 14.7. The van der Waals surface area contributed by atoms with Crippen molar-refractivity contribution < 1.29 is 0 Å². The second kappa shape index (κ2) is 12.5. The lowest BCUT2D eigenvalue weighted by atomic mass is 9.67. The van der Waals surface area contributed by atoms with Gasteiger partial charge in [-0.25, -0.2) is 0 Å². The Hall–Kier alpha value is -7.02. The van der Waals surface area contributed by atoms with E-state index in [2.05, 4.69) is 218 Å². The van der Waals surface area contributed by atoms with Gasteiger partial charge in [0.2, 0.25) is 0 Å². The Morgan fingerprint density at radius 2 is 0.727 bits per heavy atom. The van der Waals surface area contributed by atoms with Gasteiger partial charge in [-0.2, -0.15) is 0 Å². The van der Waals surface area contributed by atoms with Crippen molar-refractivity contribution in [2.45, 2.75) is 5.41 Å². The van der Waals surface area contributed by atoms with Crippen molar-refractivity contribution in [3.8, 4) is 44.5 Å². The van der Waals surface area contributed by atoms with Crippen LogP contribution in [0.2, 0.25) is 0 Å². The van der Waals surface area contributed by atoms with Crippen LogP contribution in [0.5, 0.6) is 0 Å². The standard InChI is InChI=1S/C55H36/c1-3-16-37(17-4-1)40-31-30-38-18-15-27-49(50(38)36-40)54-47-25-9-7-23-45(47)53(46-24-8-10-26-48(46)54)39-32-34-42(35-33-39)55(41-19-5-2-6-20-41)51-28-13-11-21-43(51)44-22-12-14-29-52(44)55/h1-36H. The van der Waals surface area contributed by atoms with Crippen LogP contribution in [-0.4, -0.2) is 0 Å². The first-order valence-corrected chi connectivity index (χ1v) is 19.2. The molecule has 0 amide bonds. The summed E-state index contributed by atoms with van der Waals surface area (Å²) < 4.78 is 0. The highest BCUT2D eigenvalue weighted by Crippen LogP contribution is 2.56. The third-order valence-electron chi connectivity index (χ3n) is 12.0. The molecule has 0 saturated carbocycles. The minimum Gasteiger partial charge on any atom is -0.0622 e. The molecule has 0 N–H and O–H groups in total. The van der Waals surface area contributed by atoms with E-state index in [9.17, 15) is 0 Å². The largest absolute Gasteiger partial charge is 0.0713 e. The van der Waals surface area contributed by atoms with E-state index < -0.39 is 5.41 Å². The normalized spacial score (nSPS) is 12.9. The molecule has 0 nitrogen and oxygen atoms in total. The molecule has 1 aliphatic rings. The predicted octanol–water partition coefficient (Wildman–Crippen LogP) is 14.5. The van der Waals surface area contributed by atoms with Gasteiger partial charge in [0.05, 0.1) is 5.41 Å². The Labute approximate surface area is 321 Å². The van der Waals surface area contributed by atoms with Crippen molar-refractivity contribution in [2.24, 2.45) is 0 Å². The van der Waals surface area contributed by atoms with Crippen LogP contribution in [0.4, 0.5) is 0 Å². The number of rotatable bonds is 5. The van der Waals surface area contributed by atoms with E-state index in [1.54, 1.807) is 0 Å². The highest BCUT2D eigenvalue weighted by atomic mass is 14.5. The van der Waals surface area contributed by atoms with E-state index in [1.807, 2.05) is 0 Å². The zero-order valence-electron chi connectivity index (χ0n) is 30.3. The van der Waals surface area contributed by atoms with Gasteiger partial charge in [0, 0.05) is 0 Å². The van der Waals surface area contributed by atoms with Gasteiger partial charge >= 0.3 is 0 Å². The minimum atomic E-state index is -0.423. The van der Waals surface area contributed by atoms with Crippen LogP contribution in [0.15, 0.2) is 218 Å². The monoisotopic (exact) mass is 696 g/mol. The van der Waals surface area contributed by atoms with E-state index in [0.29, 0.717) is 0 Å². The highest BCUT2D eigenvalue weighted by Gasteiger charge is 2.45. The van der Waals surface area contributed by atoms with Gasteiger partial charge in [-0.05, 0) is 105 Å². The molecule has 10 aromatic rings. The second-order valence-corrected chi connectivity index (χ2v) is 14.7. The zero-order chi connectivity index (χ0) is 36.3. The van der Waals surface area contributed by atoms with Crippen LogP contribution in [0, 0.1) is 0 Å². The molecular formula is C55H36. The lowest BCUT2D eigenvalue weighted by Gasteiger charge is -2.34. The van der Waals surface area contributed by atoms with Crippen LogP contribution >= 0.6 is 0 Å². The van der Waals surface area contributed by atoms with E-state index >= 15 is 0 Å². The van der Waals surface area contributed by atoms with Crippen LogP contribution in [0.1, 0.15) is 22.3 Å². The summed E-state index contributed by atoms with van der Waals surface area (Å²) >= 11 is 0. The molecule has 1 aliphatic carbocycles. The van der Waals surface area contributed by atoms with Gasteiger partial charge < -0.3 is 0 Å².